The number of ether oxygens (including phenoxy) is 3. The largest absolute Gasteiger partial charge is 0.459 e. The van der Waals surface area contributed by atoms with Gasteiger partial charge in [0.05, 0.1) is 11.1 Å². The van der Waals surface area contributed by atoms with Crippen LogP contribution in [0.5, 0.6) is 0 Å². The number of aliphatic hydroxyl groups excluding tert-OH is 1. The van der Waals surface area contributed by atoms with Gasteiger partial charge >= 0.3 is 11.9 Å². The summed E-state index contributed by atoms with van der Waals surface area (Å²) in [5.41, 5.74) is 8.88. The van der Waals surface area contributed by atoms with Crippen LogP contribution >= 0.6 is 11.8 Å². The zero-order valence-corrected chi connectivity index (χ0v) is 17.4. The Labute approximate surface area is 182 Å². The van der Waals surface area contributed by atoms with Gasteiger partial charge in [0.25, 0.3) is 0 Å². The topological polar surface area (TPSA) is 131 Å². The SMILES string of the molecule is CS[C@@H]1OC(COC(=O)c2ccccc2)[C@@H](O)C(OC(=O)c2ccccc2)[C@@H]1N=[N+]=[N-]. The highest BCUT2D eigenvalue weighted by atomic mass is 32.2. The number of azide groups is 1. The minimum atomic E-state index is -1.38. The van der Waals surface area contributed by atoms with Crippen LogP contribution in [-0.4, -0.2) is 59.7 Å². The van der Waals surface area contributed by atoms with Gasteiger partial charge in [-0.1, -0.05) is 41.5 Å². The van der Waals surface area contributed by atoms with Crippen molar-refractivity contribution in [3.05, 3.63) is 82.2 Å². The summed E-state index contributed by atoms with van der Waals surface area (Å²) in [4.78, 5) is 27.6. The first-order valence-electron chi connectivity index (χ1n) is 9.44. The summed E-state index contributed by atoms with van der Waals surface area (Å²) in [6.45, 7) is -0.270. The lowest BCUT2D eigenvalue weighted by molar-refractivity contribution is -0.167. The molecule has 1 N–H and O–H groups in total. The van der Waals surface area contributed by atoms with E-state index < -0.39 is 41.7 Å². The predicted molar refractivity (Wildman–Crippen MR) is 113 cm³/mol. The van der Waals surface area contributed by atoms with Crippen LogP contribution in [0.25, 0.3) is 10.4 Å². The Morgan fingerprint density at radius 1 is 1.10 bits per heavy atom. The Balaban J connectivity index is 1.76. The minimum absolute atomic E-state index is 0.270. The maximum Gasteiger partial charge on any atom is 0.338 e. The highest BCUT2D eigenvalue weighted by molar-refractivity contribution is 7.99. The number of rotatable bonds is 7. The molecule has 31 heavy (non-hydrogen) atoms. The minimum Gasteiger partial charge on any atom is -0.459 e. The molecule has 162 valence electrons. The Bertz CT molecular complexity index is 939. The van der Waals surface area contributed by atoms with Gasteiger partial charge in [0, 0.05) is 4.91 Å². The molecule has 0 aromatic heterocycles. The van der Waals surface area contributed by atoms with Gasteiger partial charge in [-0.05, 0) is 36.1 Å². The van der Waals surface area contributed by atoms with E-state index in [9.17, 15) is 14.7 Å². The molecule has 2 unspecified atom stereocenters. The van der Waals surface area contributed by atoms with Crippen molar-refractivity contribution in [2.45, 2.75) is 29.8 Å². The molecular weight excluding hydrogens is 422 g/mol. The molecule has 1 aliphatic heterocycles. The lowest BCUT2D eigenvalue weighted by Crippen LogP contribution is -2.58. The number of esters is 2. The Kier molecular flexibility index (Phi) is 7.91. The van der Waals surface area contributed by atoms with Crippen molar-refractivity contribution in [2.75, 3.05) is 12.9 Å². The second kappa shape index (κ2) is 10.8. The summed E-state index contributed by atoms with van der Waals surface area (Å²) in [5.74, 6) is -1.25. The van der Waals surface area contributed by atoms with Crippen molar-refractivity contribution >= 4 is 23.7 Å². The van der Waals surface area contributed by atoms with Gasteiger partial charge in [-0.2, -0.15) is 0 Å². The summed E-state index contributed by atoms with van der Waals surface area (Å²) in [6.07, 6.45) is -1.82. The molecule has 0 amide bonds. The second-order valence-corrected chi connectivity index (χ2v) is 7.60. The number of carbonyl (C=O) groups is 2. The number of hydrogen-bond acceptors (Lipinski definition) is 8. The number of thioether (sulfide) groups is 1. The van der Waals surface area contributed by atoms with Crippen molar-refractivity contribution < 1.29 is 28.9 Å². The number of nitrogens with zero attached hydrogens (tertiary/aromatic N) is 3. The van der Waals surface area contributed by atoms with E-state index >= 15 is 0 Å². The van der Waals surface area contributed by atoms with E-state index in [1.165, 1.54) is 11.8 Å². The smallest absolute Gasteiger partial charge is 0.338 e. The Hall–Kier alpha value is -3.04. The molecule has 1 aliphatic rings. The Morgan fingerprint density at radius 3 is 2.23 bits per heavy atom. The van der Waals surface area contributed by atoms with Crippen LogP contribution in [0.4, 0.5) is 0 Å². The molecule has 1 fully saturated rings. The van der Waals surface area contributed by atoms with Crippen molar-refractivity contribution in [1.82, 2.24) is 0 Å². The Morgan fingerprint density at radius 2 is 1.68 bits per heavy atom. The third-order valence-electron chi connectivity index (χ3n) is 4.70. The summed E-state index contributed by atoms with van der Waals surface area (Å²) in [6, 6.07) is 15.7. The fraction of sp³-hybridized carbons (Fsp3) is 0.333. The van der Waals surface area contributed by atoms with E-state index in [1.807, 2.05) is 0 Å². The van der Waals surface area contributed by atoms with Crippen molar-refractivity contribution in [3.63, 3.8) is 0 Å². The van der Waals surface area contributed by atoms with Gasteiger partial charge < -0.3 is 19.3 Å². The molecule has 2 aromatic carbocycles. The van der Waals surface area contributed by atoms with Crippen molar-refractivity contribution in [2.24, 2.45) is 5.11 Å². The van der Waals surface area contributed by atoms with Gasteiger partial charge in [-0.15, -0.1) is 11.8 Å². The van der Waals surface area contributed by atoms with Gasteiger partial charge in [-0.3, -0.25) is 0 Å². The van der Waals surface area contributed by atoms with Crippen molar-refractivity contribution in [3.8, 4) is 0 Å². The third-order valence-corrected chi connectivity index (χ3v) is 5.55. The quantitative estimate of drug-likeness (QED) is 0.301. The highest BCUT2D eigenvalue weighted by Gasteiger charge is 2.47. The average molecular weight is 443 g/mol. The molecule has 3 rings (SSSR count). The summed E-state index contributed by atoms with van der Waals surface area (Å²) in [7, 11) is 0. The molecule has 1 saturated heterocycles. The fourth-order valence-electron chi connectivity index (χ4n) is 3.14. The second-order valence-electron chi connectivity index (χ2n) is 6.67. The molecule has 0 bridgehead atoms. The monoisotopic (exact) mass is 443 g/mol. The number of carbonyl (C=O) groups excluding carboxylic acids is 2. The third kappa shape index (κ3) is 5.56. The standard InChI is InChI=1S/C21H21N3O6S/c1-31-21-16(23-24-22)18(30-20(27)14-10-6-3-7-11-14)17(25)15(29-21)12-28-19(26)13-8-4-2-5-9-13/h2-11,15-18,21,25H,12H2,1H3/t15?,16-,17+,18?,21-/m0/s1. The van der Waals surface area contributed by atoms with Crippen LogP contribution in [0.3, 0.4) is 0 Å². The van der Waals surface area contributed by atoms with E-state index in [4.69, 9.17) is 19.7 Å². The van der Waals surface area contributed by atoms with Crippen LogP contribution in [0.15, 0.2) is 65.8 Å². The van der Waals surface area contributed by atoms with Crippen LogP contribution in [0.1, 0.15) is 20.7 Å². The van der Waals surface area contributed by atoms with E-state index in [0.29, 0.717) is 5.56 Å². The van der Waals surface area contributed by atoms with Crippen LogP contribution < -0.4 is 0 Å². The molecule has 0 aliphatic carbocycles. The highest BCUT2D eigenvalue weighted by Crippen LogP contribution is 2.32. The van der Waals surface area contributed by atoms with E-state index in [1.54, 1.807) is 66.9 Å². The molecule has 10 heteroatoms. The first-order valence-corrected chi connectivity index (χ1v) is 10.7. The van der Waals surface area contributed by atoms with Crippen LogP contribution in [0, 0.1) is 0 Å². The lowest BCUT2D eigenvalue weighted by atomic mass is 9.98. The van der Waals surface area contributed by atoms with Gasteiger partial charge in [-0.25, -0.2) is 9.59 Å². The van der Waals surface area contributed by atoms with E-state index in [2.05, 4.69) is 10.0 Å². The molecule has 2 aromatic rings. The molecular formula is C21H21N3O6S. The summed E-state index contributed by atoms with van der Waals surface area (Å²) >= 11 is 1.23. The van der Waals surface area contributed by atoms with Gasteiger partial charge in [0.15, 0.2) is 0 Å². The molecule has 1 heterocycles. The predicted octanol–water partition coefficient (Wildman–Crippen LogP) is 3.20. The van der Waals surface area contributed by atoms with Crippen LogP contribution in [0.2, 0.25) is 0 Å². The molecule has 0 spiro atoms. The van der Waals surface area contributed by atoms with Gasteiger partial charge in [0.2, 0.25) is 0 Å². The summed E-state index contributed by atoms with van der Waals surface area (Å²) in [5, 5.41) is 14.5. The molecule has 9 nitrogen and oxygen atoms in total. The van der Waals surface area contributed by atoms with Gasteiger partial charge in [0.1, 0.15) is 36.4 Å². The number of aliphatic hydroxyl groups is 1. The number of benzene rings is 2. The van der Waals surface area contributed by atoms with E-state index in [-0.39, 0.29) is 12.2 Å². The van der Waals surface area contributed by atoms with E-state index in [0.717, 1.165) is 0 Å². The average Bonchev–Trinajstić information content (AvgIpc) is 2.81. The molecule has 0 saturated carbocycles. The first kappa shape index (κ1) is 22.6. The van der Waals surface area contributed by atoms with Crippen molar-refractivity contribution in [1.29, 1.82) is 0 Å². The van der Waals surface area contributed by atoms with Crippen LogP contribution in [-0.2, 0) is 14.2 Å². The zero-order chi connectivity index (χ0) is 22.2. The molecule has 5 atom stereocenters. The number of hydrogen-bond donors (Lipinski definition) is 1. The lowest BCUT2D eigenvalue weighted by Gasteiger charge is -2.41. The molecule has 0 radical (unpaired) electrons. The maximum absolute atomic E-state index is 12.6. The summed E-state index contributed by atoms with van der Waals surface area (Å²) < 4.78 is 16.6. The normalized spacial score (nSPS) is 25.2. The maximum atomic E-state index is 12.6. The fourth-order valence-corrected chi connectivity index (χ4v) is 3.88. The first-order chi connectivity index (χ1) is 15.0. The zero-order valence-electron chi connectivity index (χ0n) is 16.6.